The van der Waals surface area contributed by atoms with Crippen molar-refractivity contribution < 1.29 is 13.6 Å². The van der Waals surface area contributed by atoms with E-state index < -0.39 is 5.92 Å². The number of alkyl halides is 2. The number of carbonyl (C=O) groups is 1. The predicted octanol–water partition coefficient (Wildman–Crippen LogP) is 4.04. The van der Waals surface area contributed by atoms with Gasteiger partial charge in [-0.3, -0.25) is 14.7 Å². The maximum atomic E-state index is 12.9. The SMILES string of the molecule is C.N#Cc1ccc2nc(NC(=O)CC3CC(F)(F)C3)n(C3CCC3)c2n1. The van der Waals surface area contributed by atoms with Crippen LogP contribution in [0.3, 0.4) is 0 Å². The Kier molecular flexibility index (Phi) is 4.65. The van der Waals surface area contributed by atoms with Gasteiger partial charge in [-0.25, -0.2) is 18.7 Å². The van der Waals surface area contributed by atoms with E-state index in [1.165, 1.54) is 0 Å². The molecule has 1 N–H and O–H groups in total. The minimum Gasteiger partial charge on any atom is -0.296 e. The number of pyridine rings is 1. The smallest absolute Gasteiger partial charge is 0.248 e. The molecule has 1 amide bonds. The number of rotatable bonds is 4. The molecular weight excluding hydrogens is 340 g/mol. The predicted molar refractivity (Wildman–Crippen MR) is 92.8 cm³/mol. The molecule has 8 heteroatoms. The summed E-state index contributed by atoms with van der Waals surface area (Å²) in [6, 6.07) is 5.49. The van der Waals surface area contributed by atoms with Crippen molar-refractivity contribution in [1.82, 2.24) is 14.5 Å². The molecular formula is C18H21F2N5O. The fourth-order valence-electron chi connectivity index (χ4n) is 3.48. The number of fused-ring (bicyclic) bond motifs is 1. The van der Waals surface area contributed by atoms with Gasteiger partial charge in [-0.2, -0.15) is 5.26 Å². The quantitative estimate of drug-likeness (QED) is 0.891. The van der Waals surface area contributed by atoms with Gasteiger partial charge in [-0.1, -0.05) is 7.43 Å². The molecule has 138 valence electrons. The molecule has 4 rings (SSSR count). The monoisotopic (exact) mass is 361 g/mol. The van der Waals surface area contributed by atoms with E-state index in [2.05, 4.69) is 15.3 Å². The number of amides is 1. The van der Waals surface area contributed by atoms with Crippen molar-refractivity contribution in [3.05, 3.63) is 17.8 Å². The summed E-state index contributed by atoms with van der Waals surface area (Å²) in [4.78, 5) is 21.0. The van der Waals surface area contributed by atoms with Crippen molar-refractivity contribution in [2.45, 2.75) is 57.9 Å². The highest BCUT2D eigenvalue weighted by Crippen LogP contribution is 2.44. The molecule has 0 unspecified atom stereocenters. The number of hydrogen-bond donors (Lipinski definition) is 1. The topological polar surface area (TPSA) is 83.6 Å². The van der Waals surface area contributed by atoms with Gasteiger partial charge in [0.2, 0.25) is 17.8 Å². The lowest BCUT2D eigenvalue weighted by molar-refractivity contribution is -0.129. The van der Waals surface area contributed by atoms with Crippen molar-refractivity contribution in [2.75, 3.05) is 5.32 Å². The molecule has 0 saturated heterocycles. The van der Waals surface area contributed by atoms with Crippen LogP contribution in [0.15, 0.2) is 12.1 Å². The summed E-state index contributed by atoms with van der Waals surface area (Å²) in [5.74, 6) is -2.82. The van der Waals surface area contributed by atoms with Gasteiger partial charge in [0.05, 0.1) is 0 Å². The molecule has 2 fully saturated rings. The van der Waals surface area contributed by atoms with Crippen LogP contribution < -0.4 is 5.32 Å². The first-order valence-corrected chi connectivity index (χ1v) is 8.42. The summed E-state index contributed by atoms with van der Waals surface area (Å²) < 4.78 is 27.7. The van der Waals surface area contributed by atoms with Crippen LogP contribution in [0.5, 0.6) is 0 Å². The first-order valence-electron chi connectivity index (χ1n) is 8.42. The third-order valence-corrected chi connectivity index (χ3v) is 4.99. The number of anilines is 1. The van der Waals surface area contributed by atoms with Crippen LogP contribution in [0.4, 0.5) is 14.7 Å². The number of hydrogen-bond acceptors (Lipinski definition) is 4. The van der Waals surface area contributed by atoms with E-state index in [1.54, 1.807) is 12.1 Å². The summed E-state index contributed by atoms with van der Waals surface area (Å²) in [6.45, 7) is 0. The minimum absolute atomic E-state index is 0. The summed E-state index contributed by atoms with van der Waals surface area (Å²) in [6.07, 6.45) is 2.62. The van der Waals surface area contributed by atoms with Crippen molar-refractivity contribution in [3.8, 4) is 6.07 Å². The summed E-state index contributed by atoms with van der Waals surface area (Å²) >= 11 is 0. The van der Waals surface area contributed by atoms with Crippen LogP contribution in [0.2, 0.25) is 0 Å². The number of nitrogens with one attached hydrogen (secondary N) is 1. The molecule has 2 aromatic heterocycles. The minimum atomic E-state index is -2.62. The normalized spacial score (nSPS) is 19.1. The van der Waals surface area contributed by atoms with Gasteiger partial charge in [0, 0.05) is 25.3 Å². The number of nitriles is 1. The molecule has 6 nitrogen and oxygen atoms in total. The summed E-state index contributed by atoms with van der Waals surface area (Å²) in [7, 11) is 0. The molecule has 26 heavy (non-hydrogen) atoms. The Bertz CT molecular complexity index is 874. The fourth-order valence-corrected chi connectivity index (χ4v) is 3.48. The van der Waals surface area contributed by atoms with Crippen molar-refractivity contribution >= 4 is 23.0 Å². The first-order chi connectivity index (χ1) is 11.9. The lowest BCUT2D eigenvalue weighted by Crippen LogP contribution is -2.37. The van der Waals surface area contributed by atoms with E-state index in [1.807, 2.05) is 10.6 Å². The van der Waals surface area contributed by atoms with E-state index in [0.717, 1.165) is 19.3 Å². The van der Waals surface area contributed by atoms with E-state index in [9.17, 15) is 13.6 Å². The number of imidazole rings is 1. The van der Waals surface area contributed by atoms with Crippen LogP contribution in [0.25, 0.3) is 11.2 Å². The van der Waals surface area contributed by atoms with Crippen molar-refractivity contribution in [1.29, 1.82) is 5.26 Å². The van der Waals surface area contributed by atoms with Crippen LogP contribution in [-0.2, 0) is 4.79 Å². The third-order valence-electron chi connectivity index (χ3n) is 4.99. The molecule has 2 aliphatic carbocycles. The van der Waals surface area contributed by atoms with E-state index >= 15 is 0 Å². The summed E-state index contributed by atoms with van der Waals surface area (Å²) in [5, 5.41) is 11.8. The van der Waals surface area contributed by atoms with Gasteiger partial charge in [0.1, 0.15) is 17.3 Å². The van der Waals surface area contributed by atoms with Gasteiger partial charge in [-0.15, -0.1) is 0 Å². The molecule has 0 radical (unpaired) electrons. The number of carbonyl (C=O) groups excluding carboxylic acids is 1. The van der Waals surface area contributed by atoms with Crippen molar-refractivity contribution in [2.24, 2.45) is 5.92 Å². The Balaban J connectivity index is 0.00000196. The highest BCUT2D eigenvalue weighted by atomic mass is 19.3. The Hall–Kier alpha value is -2.56. The highest BCUT2D eigenvalue weighted by molar-refractivity contribution is 5.91. The highest BCUT2D eigenvalue weighted by Gasteiger charge is 2.45. The van der Waals surface area contributed by atoms with E-state index in [-0.39, 0.29) is 44.6 Å². The number of halogens is 2. The maximum absolute atomic E-state index is 12.9. The van der Waals surface area contributed by atoms with E-state index in [0.29, 0.717) is 22.8 Å². The Labute approximate surface area is 150 Å². The van der Waals surface area contributed by atoms with Gasteiger partial charge in [0.25, 0.3) is 0 Å². The second-order valence-corrected chi connectivity index (χ2v) is 6.92. The Morgan fingerprint density at radius 1 is 1.35 bits per heavy atom. The van der Waals surface area contributed by atoms with Crippen LogP contribution >= 0.6 is 0 Å². The zero-order valence-corrected chi connectivity index (χ0v) is 13.5. The number of aromatic nitrogens is 3. The standard InChI is InChI=1S/C17H17F2N5O.CH4/c18-17(19)7-10(8-17)6-14(25)23-16-22-13-5-4-11(9-20)21-15(13)24(16)12-2-1-3-12;/h4-5,10,12H,1-3,6-8H2,(H,22,23,25);1H4. The largest absolute Gasteiger partial charge is 0.296 e. The lowest BCUT2D eigenvalue weighted by Gasteiger charge is -2.34. The van der Waals surface area contributed by atoms with Gasteiger partial charge in [0.15, 0.2) is 5.65 Å². The third kappa shape index (κ3) is 3.26. The zero-order valence-electron chi connectivity index (χ0n) is 13.5. The molecule has 0 aromatic carbocycles. The molecule has 0 aliphatic heterocycles. The molecule has 2 aliphatic rings. The molecule has 0 atom stereocenters. The van der Waals surface area contributed by atoms with Crippen molar-refractivity contribution in [3.63, 3.8) is 0 Å². The second-order valence-electron chi connectivity index (χ2n) is 6.92. The van der Waals surface area contributed by atoms with Gasteiger partial charge < -0.3 is 0 Å². The van der Waals surface area contributed by atoms with Crippen LogP contribution in [-0.4, -0.2) is 26.4 Å². The zero-order chi connectivity index (χ0) is 17.6. The molecule has 2 saturated carbocycles. The van der Waals surface area contributed by atoms with Gasteiger partial charge >= 0.3 is 0 Å². The maximum Gasteiger partial charge on any atom is 0.248 e. The Morgan fingerprint density at radius 3 is 2.65 bits per heavy atom. The first kappa shape index (κ1) is 18.2. The summed E-state index contributed by atoms with van der Waals surface area (Å²) in [5.41, 5.74) is 1.48. The second kappa shape index (κ2) is 6.63. The van der Waals surface area contributed by atoms with Crippen LogP contribution in [0, 0.1) is 17.2 Å². The molecule has 0 spiro atoms. The Morgan fingerprint density at radius 2 is 2.08 bits per heavy atom. The average molecular weight is 361 g/mol. The average Bonchev–Trinajstić information content (AvgIpc) is 2.81. The van der Waals surface area contributed by atoms with E-state index in [4.69, 9.17) is 5.26 Å². The lowest BCUT2D eigenvalue weighted by atomic mass is 9.79. The fraction of sp³-hybridized carbons (Fsp3) is 0.556. The molecule has 0 bridgehead atoms. The molecule has 2 heterocycles. The number of nitrogens with zero attached hydrogens (tertiary/aromatic N) is 4. The molecule has 2 aromatic rings. The van der Waals surface area contributed by atoms with Crippen LogP contribution in [0.1, 0.15) is 57.7 Å². The van der Waals surface area contributed by atoms with Gasteiger partial charge in [-0.05, 0) is 37.3 Å².